The molecule has 25 heavy (non-hydrogen) atoms. The molecule has 0 fully saturated rings. The van der Waals surface area contributed by atoms with E-state index in [9.17, 15) is 9.36 Å². The number of thioether (sulfide) groups is 1. The zero-order valence-corrected chi connectivity index (χ0v) is 17.3. The van der Waals surface area contributed by atoms with Crippen molar-refractivity contribution in [2.24, 2.45) is 0 Å². The van der Waals surface area contributed by atoms with E-state index in [1.165, 1.54) is 26.0 Å². The van der Waals surface area contributed by atoms with E-state index in [1.807, 2.05) is 11.5 Å². The van der Waals surface area contributed by atoms with Gasteiger partial charge in [-0.1, -0.05) is 6.08 Å². The van der Waals surface area contributed by atoms with Crippen LogP contribution < -0.4 is 0 Å². The maximum absolute atomic E-state index is 13.6. The first-order chi connectivity index (χ1) is 11.9. The first kappa shape index (κ1) is 22.7. The van der Waals surface area contributed by atoms with Crippen LogP contribution in [0, 0.1) is 0 Å². The monoisotopic (exact) mass is 396 g/mol. The average Bonchev–Trinajstić information content (AvgIpc) is 3.07. The van der Waals surface area contributed by atoms with Crippen LogP contribution in [0.2, 0.25) is 0 Å². The predicted molar refractivity (Wildman–Crippen MR) is 97.8 cm³/mol. The van der Waals surface area contributed by atoms with E-state index >= 15 is 0 Å². The smallest absolute Gasteiger partial charge is 0.335 e. The zero-order valence-electron chi connectivity index (χ0n) is 15.6. The molecule has 2 unspecified atom stereocenters. The number of methoxy groups -OCH3 is 2. The lowest BCUT2D eigenvalue weighted by atomic mass is 9.97. The number of carbonyl (C=O) groups excluding carboxylic acids is 1. The number of esters is 1. The molecule has 0 bridgehead atoms. The van der Waals surface area contributed by atoms with Crippen LogP contribution in [-0.4, -0.2) is 56.7 Å². The van der Waals surface area contributed by atoms with Gasteiger partial charge in [0.05, 0.1) is 25.5 Å². The summed E-state index contributed by atoms with van der Waals surface area (Å²) < 4.78 is 39.5. The van der Waals surface area contributed by atoms with Gasteiger partial charge in [0.1, 0.15) is 4.75 Å². The predicted octanol–water partition coefficient (Wildman–Crippen LogP) is 3.58. The molecule has 1 heterocycles. The number of carbonyl (C=O) groups is 1. The average molecular weight is 396 g/mol. The van der Waals surface area contributed by atoms with Crippen LogP contribution >= 0.6 is 19.4 Å². The Bertz CT molecular complexity index is 475. The maximum atomic E-state index is 13.6. The Labute approximate surface area is 154 Å². The molecule has 0 radical (unpaired) electrons. The molecule has 0 aromatic rings. The Morgan fingerprint density at radius 1 is 1.16 bits per heavy atom. The molecule has 0 aliphatic carbocycles. The van der Waals surface area contributed by atoms with E-state index in [4.69, 9.17) is 23.3 Å². The van der Waals surface area contributed by atoms with E-state index in [-0.39, 0.29) is 26.2 Å². The van der Waals surface area contributed by atoms with Gasteiger partial charge in [-0.05, 0) is 32.6 Å². The summed E-state index contributed by atoms with van der Waals surface area (Å²) in [6.45, 7) is 5.86. The Balaban J connectivity index is 3.35. The first-order valence-corrected chi connectivity index (χ1v) is 10.9. The second-order valence-electron chi connectivity index (χ2n) is 5.33. The highest BCUT2D eigenvalue weighted by molar-refractivity contribution is 8.04. The minimum absolute atomic E-state index is 0.178. The van der Waals surface area contributed by atoms with Crippen molar-refractivity contribution in [1.82, 2.24) is 0 Å². The van der Waals surface area contributed by atoms with Gasteiger partial charge in [-0.2, -0.15) is 0 Å². The van der Waals surface area contributed by atoms with Gasteiger partial charge < -0.3 is 23.3 Å². The molecular weight excluding hydrogens is 367 g/mol. The SMILES string of the molecule is CCOC(=O)C1(C(CC(OC)OC)P(=O)(OCC)OCC)CC=CS1. The van der Waals surface area contributed by atoms with Crippen LogP contribution in [0.3, 0.4) is 0 Å². The van der Waals surface area contributed by atoms with Crippen LogP contribution in [0.5, 0.6) is 0 Å². The topological polar surface area (TPSA) is 80.3 Å². The molecule has 0 aromatic carbocycles. The highest BCUT2D eigenvalue weighted by atomic mass is 32.2. The summed E-state index contributed by atoms with van der Waals surface area (Å²) in [6, 6.07) is 0. The van der Waals surface area contributed by atoms with Gasteiger partial charge in [-0.15, -0.1) is 11.8 Å². The maximum Gasteiger partial charge on any atom is 0.335 e. The minimum Gasteiger partial charge on any atom is -0.465 e. The Hall–Kier alpha value is -0.370. The number of allylic oxidation sites excluding steroid dienone is 1. The van der Waals surface area contributed by atoms with Crippen LogP contribution in [0.15, 0.2) is 11.5 Å². The third kappa shape index (κ3) is 5.31. The second kappa shape index (κ2) is 10.7. The second-order valence-corrected chi connectivity index (χ2v) is 8.79. The van der Waals surface area contributed by atoms with Crippen molar-refractivity contribution in [3.05, 3.63) is 11.5 Å². The normalized spacial score (nSPS) is 21.7. The summed E-state index contributed by atoms with van der Waals surface area (Å²) >= 11 is 1.29. The van der Waals surface area contributed by atoms with Crippen LogP contribution in [0.25, 0.3) is 0 Å². The molecule has 1 rings (SSSR count). The number of rotatable bonds is 12. The minimum atomic E-state index is -3.62. The number of hydrogen-bond acceptors (Lipinski definition) is 8. The Morgan fingerprint density at radius 3 is 2.16 bits per heavy atom. The van der Waals surface area contributed by atoms with Crippen molar-refractivity contribution >= 4 is 25.3 Å². The van der Waals surface area contributed by atoms with Gasteiger partial charge in [0.2, 0.25) is 0 Å². The van der Waals surface area contributed by atoms with Crippen LogP contribution in [-0.2, 0) is 32.6 Å². The summed E-state index contributed by atoms with van der Waals surface area (Å²) in [4.78, 5) is 12.8. The summed E-state index contributed by atoms with van der Waals surface area (Å²) in [7, 11) is -0.634. The number of ether oxygens (including phenoxy) is 3. The molecule has 0 N–H and O–H groups in total. The van der Waals surface area contributed by atoms with Gasteiger partial charge in [0.25, 0.3) is 0 Å². The molecule has 2 atom stereocenters. The first-order valence-electron chi connectivity index (χ1n) is 8.38. The highest BCUT2D eigenvalue weighted by Crippen LogP contribution is 2.63. The molecule has 0 saturated carbocycles. The van der Waals surface area contributed by atoms with E-state index in [2.05, 4.69) is 0 Å². The molecule has 9 heteroatoms. The van der Waals surface area contributed by atoms with Gasteiger partial charge in [0, 0.05) is 20.6 Å². The van der Waals surface area contributed by atoms with E-state index in [0.717, 1.165) is 0 Å². The van der Waals surface area contributed by atoms with Gasteiger partial charge in [-0.25, -0.2) is 0 Å². The lowest BCUT2D eigenvalue weighted by molar-refractivity contribution is -0.147. The summed E-state index contributed by atoms with van der Waals surface area (Å²) in [5.74, 6) is -0.430. The van der Waals surface area contributed by atoms with Crippen LogP contribution in [0.1, 0.15) is 33.6 Å². The molecule has 0 spiro atoms. The van der Waals surface area contributed by atoms with Crippen molar-refractivity contribution in [2.45, 2.75) is 50.3 Å². The van der Waals surface area contributed by atoms with Gasteiger partial charge in [0.15, 0.2) is 6.29 Å². The molecule has 7 nitrogen and oxygen atoms in total. The van der Waals surface area contributed by atoms with E-state index in [1.54, 1.807) is 20.8 Å². The third-order valence-electron chi connectivity index (χ3n) is 3.90. The number of hydrogen-bond donors (Lipinski definition) is 0. The molecule has 0 amide bonds. The standard InChI is InChI=1S/C16H29O7PS/c1-6-21-15(17)16(10-9-11-25-16)13(12-14(19-4)20-5)24(18,22-7-2)23-8-3/h9,11,13-14H,6-8,10,12H2,1-5H3. The summed E-state index contributed by atoms with van der Waals surface area (Å²) in [5.41, 5.74) is -0.774. The summed E-state index contributed by atoms with van der Waals surface area (Å²) in [5, 5.41) is 1.82. The van der Waals surface area contributed by atoms with Gasteiger partial charge in [-0.3, -0.25) is 9.36 Å². The van der Waals surface area contributed by atoms with Crippen molar-refractivity contribution in [3.8, 4) is 0 Å². The van der Waals surface area contributed by atoms with E-state index in [0.29, 0.717) is 6.42 Å². The molecular formula is C16H29O7PS. The fourth-order valence-electron chi connectivity index (χ4n) is 2.80. The Morgan fingerprint density at radius 2 is 1.76 bits per heavy atom. The van der Waals surface area contributed by atoms with Crippen LogP contribution in [0.4, 0.5) is 0 Å². The zero-order chi connectivity index (χ0) is 18.9. The quantitative estimate of drug-likeness (QED) is 0.281. The molecule has 1 aliphatic rings. The van der Waals surface area contributed by atoms with Crippen molar-refractivity contribution in [3.63, 3.8) is 0 Å². The van der Waals surface area contributed by atoms with Gasteiger partial charge >= 0.3 is 13.6 Å². The van der Waals surface area contributed by atoms with Crippen molar-refractivity contribution < 1.29 is 32.6 Å². The molecule has 0 saturated heterocycles. The van der Waals surface area contributed by atoms with E-state index < -0.39 is 30.3 Å². The van der Waals surface area contributed by atoms with Crippen molar-refractivity contribution in [1.29, 1.82) is 0 Å². The van der Waals surface area contributed by atoms with Crippen molar-refractivity contribution in [2.75, 3.05) is 34.0 Å². The lowest BCUT2D eigenvalue weighted by Crippen LogP contribution is -2.48. The molecule has 146 valence electrons. The third-order valence-corrected chi connectivity index (χ3v) is 8.09. The Kier molecular flexibility index (Phi) is 9.70. The fraction of sp³-hybridized carbons (Fsp3) is 0.812. The summed E-state index contributed by atoms with van der Waals surface area (Å²) in [6.07, 6.45) is 1.78. The highest BCUT2D eigenvalue weighted by Gasteiger charge is 2.58. The molecule has 1 aliphatic heterocycles. The molecule has 0 aromatic heterocycles. The largest absolute Gasteiger partial charge is 0.465 e. The lowest BCUT2D eigenvalue weighted by Gasteiger charge is -2.38. The fourth-order valence-corrected chi connectivity index (χ4v) is 6.71.